The van der Waals surface area contributed by atoms with Gasteiger partial charge in [-0.25, -0.2) is 0 Å². The summed E-state index contributed by atoms with van der Waals surface area (Å²) in [7, 11) is 0. The summed E-state index contributed by atoms with van der Waals surface area (Å²) >= 11 is 0. The van der Waals surface area contributed by atoms with Gasteiger partial charge in [0.2, 0.25) is 5.91 Å². The van der Waals surface area contributed by atoms with Crippen LogP contribution >= 0.6 is 12.4 Å². The van der Waals surface area contributed by atoms with E-state index in [-0.39, 0.29) is 12.4 Å². The van der Waals surface area contributed by atoms with Gasteiger partial charge < -0.3 is 10.2 Å². The van der Waals surface area contributed by atoms with Gasteiger partial charge in [-0.2, -0.15) is 0 Å². The summed E-state index contributed by atoms with van der Waals surface area (Å²) in [6.45, 7) is 3.27. The number of carbonyl (C=O) groups excluding carboxylic acids is 1. The molecule has 3 nitrogen and oxygen atoms in total. The maximum atomic E-state index is 12.7. The molecule has 3 aliphatic rings. The van der Waals surface area contributed by atoms with E-state index in [9.17, 15) is 4.79 Å². The molecule has 0 aromatic heterocycles. The van der Waals surface area contributed by atoms with Crippen LogP contribution in [0.4, 0.5) is 0 Å². The van der Waals surface area contributed by atoms with Crippen molar-refractivity contribution in [2.24, 2.45) is 11.8 Å². The smallest absolute Gasteiger partial charge is 0.223 e. The summed E-state index contributed by atoms with van der Waals surface area (Å²) < 4.78 is 0. The maximum absolute atomic E-state index is 12.7. The highest BCUT2D eigenvalue weighted by atomic mass is 35.5. The minimum atomic E-state index is 0. The molecular weight excluding hydrogens is 284 g/mol. The van der Waals surface area contributed by atoms with Crippen molar-refractivity contribution in [2.75, 3.05) is 19.6 Å². The molecule has 0 radical (unpaired) electrons. The van der Waals surface area contributed by atoms with Gasteiger partial charge in [-0.05, 0) is 63.5 Å². The third kappa shape index (κ3) is 5.14. The largest absolute Gasteiger partial charge is 0.339 e. The highest BCUT2D eigenvalue weighted by Crippen LogP contribution is 2.32. The second kappa shape index (κ2) is 8.38. The van der Waals surface area contributed by atoms with E-state index in [1.165, 1.54) is 57.8 Å². The number of rotatable bonds is 5. The van der Waals surface area contributed by atoms with E-state index in [4.69, 9.17) is 0 Å². The topological polar surface area (TPSA) is 32.3 Å². The summed E-state index contributed by atoms with van der Waals surface area (Å²) in [5.74, 6) is 1.89. The number of halogens is 1. The number of piperidine rings is 1. The summed E-state index contributed by atoms with van der Waals surface area (Å²) in [6.07, 6.45) is 12.6. The van der Waals surface area contributed by atoms with E-state index in [1.807, 2.05) is 0 Å². The number of nitrogens with one attached hydrogen (secondary N) is 1. The van der Waals surface area contributed by atoms with Crippen LogP contribution in [-0.4, -0.2) is 36.5 Å². The molecule has 21 heavy (non-hydrogen) atoms. The Balaban J connectivity index is 0.00000161. The van der Waals surface area contributed by atoms with Gasteiger partial charge >= 0.3 is 0 Å². The number of hydrogen-bond donors (Lipinski definition) is 1. The lowest BCUT2D eigenvalue weighted by Crippen LogP contribution is -2.39. The standard InChI is InChI=1S/C17H30N2O.ClH/c20-17(12-14-8-10-18-11-9-14)19(16-6-7-16)13-15-4-2-1-3-5-15;/h14-16,18H,1-13H2;1H. The molecule has 0 spiro atoms. The molecule has 0 aromatic rings. The predicted octanol–water partition coefficient (Wildman–Crippen LogP) is 3.37. The lowest BCUT2D eigenvalue weighted by Gasteiger charge is -2.31. The van der Waals surface area contributed by atoms with Crippen LogP contribution in [-0.2, 0) is 4.79 Å². The second-order valence-electron chi connectivity index (χ2n) is 7.18. The molecule has 2 aliphatic carbocycles. The summed E-state index contributed by atoms with van der Waals surface area (Å²) in [5.41, 5.74) is 0. The zero-order valence-electron chi connectivity index (χ0n) is 13.2. The lowest BCUT2D eigenvalue weighted by atomic mass is 9.88. The average Bonchev–Trinajstić information content (AvgIpc) is 3.31. The van der Waals surface area contributed by atoms with Gasteiger partial charge in [0, 0.05) is 19.0 Å². The molecule has 0 aromatic carbocycles. The van der Waals surface area contributed by atoms with Gasteiger partial charge in [0.05, 0.1) is 0 Å². The van der Waals surface area contributed by atoms with Gasteiger partial charge in [0.15, 0.2) is 0 Å². The molecule has 2 saturated carbocycles. The predicted molar refractivity (Wildman–Crippen MR) is 88.8 cm³/mol. The molecule has 3 fully saturated rings. The Morgan fingerprint density at radius 1 is 0.905 bits per heavy atom. The summed E-state index contributed by atoms with van der Waals surface area (Å²) in [6, 6.07) is 0.603. The Morgan fingerprint density at radius 3 is 2.19 bits per heavy atom. The van der Waals surface area contributed by atoms with Crippen molar-refractivity contribution >= 4 is 18.3 Å². The zero-order chi connectivity index (χ0) is 13.8. The third-order valence-electron chi connectivity index (χ3n) is 5.41. The fourth-order valence-electron chi connectivity index (χ4n) is 3.94. The molecule has 1 amide bonds. The summed E-state index contributed by atoms with van der Waals surface area (Å²) in [5, 5.41) is 3.39. The number of carbonyl (C=O) groups is 1. The fraction of sp³-hybridized carbons (Fsp3) is 0.941. The van der Waals surface area contributed by atoms with Crippen LogP contribution in [0.15, 0.2) is 0 Å². The average molecular weight is 315 g/mol. The van der Waals surface area contributed by atoms with Crippen LogP contribution < -0.4 is 5.32 Å². The van der Waals surface area contributed by atoms with E-state index in [0.717, 1.165) is 32.0 Å². The Hall–Kier alpha value is -0.280. The fourth-order valence-corrected chi connectivity index (χ4v) is 3.94. The monoisotopic (exact) mass is 314 g/mol. The van der Waals surface area contributed by atoms with Crippen LogP contribution in [0.2, 0.25) is 0 Å². The molecule has 1 aliphatic heterocycles. The Morgan fingerprint density at radius 2 is 1.57 bits per heavy atom. The molecular formula is C17H31ClN2O. The number of nitrogens with zero attached hydrogens (tertiary/aromatic N) is 1. The van der Waals surface area contributed by atoms with E-state index < -0.39 is 0 Å². The normalized spacial score (nSPS) is 24.4. The molecule has 4 heteroatoms. The van der Waals surface area contributed by atoms with Crippen molar-refractivity contribution in [3.05, 3.63) is 0 Å². The third-order valence-corrected chi connectivity index (χ3v) is 5.41. The van der Waals surface area contributed by atoms with Crippen LogP contribution in [0, 0.1) is 11.8 Å². The van der Waals surface area contributed by atoms with Gasteiger partial charge in [0.25, 0.3) is 0 Å². The molecule has 1 N–H and O–H groups in total. The first-order valence-electron chi connectivity index (χ1n) is 8.83. The quantitative estimate of drug-likeness (QED) is 0.844. The van der Waals surface area contributed by atoms with Gasteiger partial charge in [0.1, 0.15) is 0 Å². The van der Waals surface area contributed by atoms with Gasteiger partial charge in [-0.1, -0.05) is 19.3 Å². The number of amides is 1. The molecule has 0 bridgehead atoms. The van der Waals surface area contributed by atoms with E-state index >= 15 is 0 Å². The second-order valence-corrected chi connectivity index (χ2v) is 7.18. The maximum Gasteiger partial charge on any atom is 0.223 e. The highest BCUT2D eigenvalue weighted by molar-refractivity contribution is 5.85. The van der Waals surface area contributed by atoms with E-state index in [0.29, 0.717) is 17.9 Å². The van der Waals surface area contributed by atoms with Gasteiger partial charge in [-0.15, -0.1) is 12.4 Å². The molecule has 3 rings (SSSR count). The molecule has 1 saturated heterocycles. The molecule has 0 atom stereocenters. The first-order valence-corrected chi connectivity index (χ1v) is 8.83. The Labute approximate surface area is 135 Å². The van der Waals surface area contributed by atoms with Crippen LogP contribution in [0.5, 0.6) is 0 Å². The van der Waals surface area contributed by atoms with E-state index in [2.05, 4.69) is 10.2 Å². The van der Waals surface area contributed by atoms with Crippen molar-refractivity contribution in [3.8, 4) is 0 Å². The van der Waals surface area contributed by atoms with Crippen molar-refractivity contribution in [3.63, 3.8) is 0 Å². The van der Waals surface area contributed by atoms with Crippen molar-refractivity contribution < 1.29 is 4.79 Å². The minimum Gasteiger partial charge on any atom is -0.339 e. The van der Waals surface area contributed by atoms with Gasteiger partial charge in [-0.3, -0.25) is 4.79 Å². The minimum absolute atomic E-state index is 0. The van der Waals surface area contributed by atoms with Crippen LogP contribution in [0.25, 0.3) is 0 Å². The highest BCUT2D eigenvalue weighted by Gasteiger charge is 2.34. The summed E-state index contributed by atoms with van der Waals surface area (Å²) in [4.78, 5) is 14.9. The van der Waals surface area contributed by atoms with Crippen molar-refractivity contribution in [1.29, 1.82) is 0 Å². The van der Waals surface area contributed by atoms with Crippen LogP contribution in [0.1, 0.15) is 64.2 Å². The van der Waals surface area contributed by atoms with E-state index in [1.54, 1.807) is 0 Å². The first kappa shape index (κ1) is 17.1. The SMILES string of the molecule is Cl.O=C(CC1CCNCC1)N(CC1CCCCC1)C1CC1. The molecule has 1 heterocycles. The lowest BCUT2D eigenvalue weighted by molar-refractivity contribution is -0.133. The van der Waals surface area contributed by atoms with Crippen molar-refractivity contribution in [2.45, 2.75) is 70.3 Å². The molecule has 122 valence electrons. The Bertz CT molecular complexity index is 321. The van der Waals surface area contributed by atoms with Crippen LogP contribution in [0.3, 0.4) is 0 Å². The Kier molecular flexibility index (Phi) is 6.81. The molecule has 0 unspecified atom stereocenters. The first-order chi connectivity index (χ1) is 9.83. The number of hydrogen-bond acceptors (Lipinski definition) is 2. The van der Waals surface area contributed by atoms with Crippen molar-refractivity contribution in [1.82, 2.24) is 10.2 Å². The zero-order valence-corrected chi connectivity index (χ0v) is 14.0.